The van der Waals surface area contributed by atoms with Crippen LogP contribution < -0.4 is 20.2 Å². The first-order valence-corrected chi connectivity index (χ1v) is 8.72. The van der Waals surface area contributed by atoms with Crippen LogP contribution in [0.3, 0.4) is 0 Å². The van der Waals surface area contributed by atoms with Crippen molar-refractivity contribution in [3.63, 3.8) is 0 Å². The van der Waals surface area contributed by atoms with Crippen LogP contribution in [0.2, 0.25) is 5.02 Å². The first-order chi connectivity index (χ1) is 12.9. The van der Waals surface area contributed by atoms with E-state index in [-0.39, 0.29) is 16.5 Å². The monoisotopic (exact) mass is 409 g/mol. The number of phenols is 2. The molecule has 0 saturated carbocycles. The van der Waals surface area contributed by atoms with Crippen molar-refractivity contribution in [3.05, 3.63) is 46.5 Å². The molecule has 0 fully saturated rings. The summed E-state index contributed by atoms with van der Waals surface area (Å²) in [6, 6.07) is 8.53. The summed E-state index contributed by atoms with van der Waals surface area (Å²) in [7, 11) is 3.19. The molecule has 27 heavy (non-hydrogen) atoms. The van der Waals surface area contributed by atoms with Crippen LogP contribution in [-0.2, 0) is 6.42 Å². The average Bonchev–Trinajstić information content (AvgIpc) is 2.65. The van der Waals surface area contributed by atoms with Crippen molar-refractivity contribution in [2.24, 2.45) is 5.10 Å². The quantitative estimate of drug-likeness (QED) is 0.242. The molecular weight excluding hydrogens is 390 g/mol. The molecule has 0 radical (unpaired) electrons. The summed E-state index contributed by atoms with van der Waals surface area (Å²) in [5, 5.41) is 26.3. The van der Waals surface area contributed by atoms with Crippen LogP contribution in [0.5, 0.6) is 23.0 Å². The van der Waals surface area contributed by atoms with E-state index in [4.69, 9.17) is 33.3 Å². The van der Waals surface area contributed by atoms with Crippen molar-refractivity contribution in [2.75, 3.05) is 20.8 Å². The van der Waals surface area contributed by atoms with Gasteiger partial charge in [-0.15, -0.1) is 0 Å². The predicted molar refractivity (Wildman–Crippen MR) is 109 cm³/mol. The number of nitrogens with zero attached hydrogens (tertiary/aromatic N) is 1. The van der Waals surface area contributed by atoms with E-state index in [9.17, 15) is 10.2 Å². The molecule has 0 aliphatic carbocycles. The van der Waals surface area contributed by atoms with Gasteiger partial charge in [-0.2, -0.15) is 5.10 Å². The van der Waals surface area contributed by atoms with Gasteiger partial charge in [0.1, 0.15) is 0 Å². The molecule has 9 heteroatoms. The maximum Gasteiger partial charge on any atom is 0.186 e. The number of hydrogen-bond donors (Lipinski definition) is 4. The highest BCUT2D eigenvalue weighted by Crippen LogP contribution is 2.33. The lowest BCUT2D eigenvalue weighted by molar-refractivity contribution is 0.354. The molecular formula is C18H20ClN3O4S. The van der Waals surface area contributed by atoms with Crippen LogP contribution in [0.15, 0.2) is 35.4 Å². The SMILES string of the molecule is COc1ccc(CCNC(=S)N/N=C/c2cc(O)c(O)c(Cl)c2)cc1OC. The first kappa shape index (κ1) is 20.6. The zero-order chi connectivity index (χ0) is 19.8. The van der Waals surface area contributed by atoms with Crippen LogP contribution in [0.4, 0.5) is 0 Å². The number of phenolic OH excluding ortho intramolecular Hbond substituents is 2. The van der Waals surface area contributed by atoms with Crippen LogP contribution >= 0.6 is 23.8 Å². The molecule has 0 aliphatic heterocycles. The summed E-state index contributed by atoms with van der Waals surface area (Å²) in [5.74, 6) is 0.672. The number of hydrazone groups is 1. The Kier molecular flexibility index (Phi) is 7.51. The molecule has 0 atom stereocenters. The Labute approximate surface area is 167 Å². The number of methoxy groups -OCH3 is 2. The summed E-state index contributed by atoms with van der Waals surface area (Å²) in [6.07, 6.45) is 2.15. The van der Waals surface area contributed by atoms with E-state index in [0.29, 0.717) is 28.7 Å². The highest BCUT2D eigenvalue weighted by atomic mass is 35.5. The number of ether oxygens (including phenoxy) is 2. The molecule has 0 aliphatic rings. The second-order valence-electron chi connectivity index (χ2n) is 5.44. The van der Waals surface area contributed by atoms with Gasteiger partial charge in [-0.25, -0.2) is 0 Å². The van der Waals surface area contributed by atoms with Crippen LogP contribution in [0, 0.1) is 0 Å². The lowest BCUT2D eigenvalue weighted by Gasteiger charge is -2.10. The summed E-state index contributed by atoms with van der Waals surface area (Å²) in [6.45, 7) is 0.600. The maximum atomic E-state index is 9.51. The van der Waals surface area contributed by atoms with E-state index in [1.54, 1.807) is 14.2 Å². The van der Waals surface area contributed by atoms with Gasteiger partial charge in [0.15, 0.2) is 28.1 Å². The molecule has 2 aromatic rings. The molecule has 4 N–H and O–H groups in total. The van der Waals surface area contributed by atoms with Gasteiger partial charge in [-0.3, -0.25) is 5.43 Å². The van der Waals surface area contributed by atoms with Gasteiger partial charge in [0, 0.05) is 6.54 Å². The third-order valence-corrected chi connectivity index (χ3v) is 4.12. The summed E-state index contributed by atoms with van der Waals surface area (Å²) in [5.41, 5.74) is 4.25. The molecule has 7 nitrogen and oxygen atoms in total. The van der Waals surface area contributed by atoms with E-state index in [1.165, 1.54) is 18.3 Å². The maximum absolute atomic E-state index is 9.51. The molecule has 0 aromatic heterocycles. The Morgan fingerprint density at radius 3 is 2.59 bits per heavy atom. The normalized spacial score (nSPS) is 10.6. The zero-order valence-electron chi connectivity index (χ0n) is 14.8. The molecule has 0 heterocycles. The fourth-order valence-corrected chi connectivity index (χ4v) is 2.62. The molecule has 2 aromatic carbocycles. The third-order valence-electron chi connectivity index (χ3n) is 3.59. The zero-order valence-corrected chi connectivity index (χ0v) is 16.4. The third kappa shape index (κ3) is 5.90. The standard InChI is InChI=1S/C18H20ClN3O4S/c1-25-15-4-3-11(9-16(15)26-2)5-6-20-18(27)22-21-10-12-7-13(19)17(24)14(23)8-12/h3-4,7-10,23-24H,5-6H2,1-2H3,(H2,20,22,27)/b21-10+. The van der Waals surface area contributed by atoms with Crippen molar-refractivity contribution < 1.29 is 19.7 Å². The fraction of sp³-hybridized carbons (Fsp3) is 0.222. The van der Waals surface area contributed by atoms with Crippen LogP contribution in [0.25, 0.3) is 0 Å². The molecule has 2 rings (SSSR count). The van der Waals surface area contributed by atoms with E-state index in [1.807, 2.05) is 18.2 Å². The van der Waals surface area contributed by atoms with Gasteiger partial charge in [0.2, 0.25) is 0 Å². The Morgan fingerprint density at radius 1 is 1.19 bits per heavy atom. The van der Waals surface area contributed by atoms with Crippen molar-refractivity contribution in [3.8, 4) is 23.0 Å². The number of nitrogens with one attached hydrogen (secondary N) is 2. The lowest BCUT2D eigenvalue weighted by Crippen LogP contribution is -2.33. The Hall–Kier alpha value is -2.71. The number of hydrogen-bond acceptors (Lipinski definition) is 6. The Morgan fingerprint density at radius 2 is 1.93 bits per heavy atom. The van der Waals surface area contributed by atoms with E-state index < -0.39 is 0 Å². The topological polar surface area (TPSA) is 95.3 Å². The fourth-order valence-electron chi connectivity index (χ4n) is 2.24. The second-order valence-corrected chi connectivity index (χ2v) is 6.25. The summed E-state index contributed by atoms with van der Waals surface area (Å²) in [4.78, 5) is 0. The average molecular weight is 410 g/mol. The van der Waals surface area contributed by atoms with Gasteiger partial charge in [-0.1, -0.05) is 17.7 Å². The van der Waals surface area contributed by atoms with Crippen molar-refractivity contribution in [2.45, 2.75) is 6.42 Å². The van der Waals surface area contributed by atoms with E-state index in [0.717, 1.165) is 12.0 Å². The number of aromatic hydroxyl groups is 2. The van der Waals surface area contributed by atoms with Gasteiger partial charge in [-0.05, 0) is 54.0 Å². The summed E-state index contributed by atoms with van der Waals surface area (Å²) >= 11 is 10.9. The highest BCUT2D eigenvalue weighted by Gasteiger charge is 2.06. The van der Waals surface area contributed by atoms with Crippen molar-refractivity contribution >= 4 is 35.1 Å². The minimum absolute atomic E-state index is 0.0343. The second kappa shape index (κ2) is 9.84. The molecule has 0 unspecified atom stereocenters. The highest BCUT2D eigenvalue weighted by molar-refractivity contribution is 7.80. The van der Waals surface area contributed by atoms with Crippen LogP contribution in [-0.4, -0.2) is 42.3 Å². The smallest absolute Gasteiger partial charge is 0.186 e. The van der Waals surface area contributed by atoms with E-state index in [2.05, 4.69) is 15.8 Å². The molecule has 0 saturated heterocycles. The molecule has 0 amide bonds. The Balaban J connectivity index is 1.81. The molecule has 0 spiro atoms. The van der Waals surface area contributed by atoms with E-state index >= 15 is 0 Å². The number of rotatable bonds is 7. The number of halogens is 1. The van der Waals surface area contributed by atoms with Gasteiger partial charge in [0.05, 0.1) is 25.5 Å². The molecule has 144 valence electrons. The van der Waals surface area contributed by atoms with Gasteiger partial charge >= 0.3 is 0 Å². The molecule has 0 bridgehead atoms. The minimum Gasteiger partial charge on any atom is -0.504 e. The summed E-state index contributed by atoms with van der Waals surface area (Å²) < 4.78 is 10.5. The number of thiocarbonyl (C=S) groups is 1. The first-order valence-electron chi connectivity index (χ1n) is 7.94. The van der Waals surface area contributed by atoms with Crippen molar-refractivity contribution in [1.82, 2.24) is 10.7 Å². The van der Waals surface area contributed by atoms with Gasteiger partial charge < -0.3 is 25.0 Å². The van der Waals surface area contributed by atoms with Crippen LogP contribution in [0.1, 0.15) is 11.1 Å². The predicted octanol–water partition coefficient (Wildman–Crippen LogP) is 2.81. The largest absolute Gasteiger partial charge is 0.504 e. The minimum atomic E-state index is -0.367. The Bertz CT molecular complexity index is 822. The number of benzene rings is 2. The van der Waals surface area contributed by atoms with Crippen molar-refractivity contribution in [1.29, 1.82) is 0 Å². The van der Waals surface area contributed by atoms with Gasteiger partial charge in [0.25, 0.3) is 0 Å². The lowest BCUT2D eigenvalue weighted by atomic mass is 10.1.